The van der Waals surface area contributed by atoms with Crippen LogP contribution >= 0.6 is 11.8 Å². The number of hydrogen-bond donors (Lipinski definition) is 2. The van der Waals surface area contributed by atoms with E-state index in [0.717, 1.165) is 19.0 Å². The van der Waals surface area contributed by atoms with Crippen molar-refractivity contribution in [2.75, 3.05) is 58.4 Å². The van der Waals surface area contributed by atoms with E-state index in [-0.39, 0.29) is 0 Å². The number of nitrogens with one attached hydrogen (secondary N) is 2. The van der Waals surface area contributed by atoms with Crippen LogP contribution in [0.3, 0.4) is 0 Å². The minimum absolute atomic E-state index is 0.331. The van der Waals surface area contributed by atoms with Crippen LogP contribution in [-0.2, 0) is 4.74 Å². The highest BCUT2D eigenvalue weighted by atomic mass is 32.2. The van der Waals surface area contributed by atoms with E-state index >= 15 is 0 Å². The summed E-state index contributed by atoms with van der Waals surface area (Å²) in [6.45, 7) is 4.98. The Balaban J connectivity index is 1.91. The molecule has 128 valence electrons. The van der Waals surface area contributed by atoms with E-state index in [4.69, 9.17) is 4.74 Å². The number of thioether (sulfide) groups is 1. The van der Waals surface area contributed by atoms with Gasteiger partial charge in [-0.1, -0.05) is 19.3 Å². The maximum atomic E-state index is 5.09. The van der Waals surface area contributed by atoms with Crippen LogP contribution in [0.1, 0.15) is 32.1 Å². The zero-order valence-corrected chi connectivity index (χ0v) is 15.0. The Morgan fingerprint density at radius 2 is 1.91 bits per heavy atom. The van der Waals surface area contributed by atoms with Gasteiger partial charge in [0.2, 0.25) is 0 Å². The Morgan fingerprint density at radius 1 is 1.18 bits per heavy atom. The smallest absolute Gasteiger partial charge is 0.191 e. The molecule has 22 heavy (non-hydrogen) atoms. The minimum atomic E-state index is 0.331. The molecule has 0 atom stereocenters. The van der Waals surface area contributed by atoms with Gasteiger partial charge < -0.3 is 15.4 Å². The van der Waals surface area contributed by atoms with E-state index in [2.05, 4.69) is 32.3 Å². The Hall–Kier alpha value is -0.460. The molecule has 1 heterocycles. The second kappa shape index (κ2) is 9.63. The van der Waals surface area contributed by atoms with Crippen molar-refractivity contribution in [1.29, 1.82) is 0 Å². The number of guanidine groups is 1. The van der Waals surface area contributed by atoms with E-state index in [1.165, 1.54) is 56.7 Å². The molecule has 2 aliphatic rings. The number of nitrogens with zero attached hydrogens (tertiary/aromatic N) is 2. The number of hydrogen-bond acceptors (Lipinski definition) is 4. The molecule has 1 aliphatic heterocycles. The summed E-state index contributed by atoms with van der Waals surface area (Å²) >= 11 is 2.09. The molecular weight excluding hydrogens is 296 g/mol. The summed E-state index contributed by atoms with van der Waals surface area (Å²) < 4.78 is 5.09. The molecule has 1 aliphatic carbocycles. The first kappa shape index (κ1) is 17.9. The molecule has 0 radical (unpaired) electrons. The van der Waals surface area contributed by atoms with Crippen molar-refractivity contribution in [3.8, 4) is 0 Å². The highest BCUT2D eigenvalue weighted by Gasteiger charge is 2.38. The molecular formula is C16H32N4OS. The quantitative estimate of drug-likeness (QED) is 0.440. The van der Waals surface area contributed by atoms with Crippen LogP contribution in [0.5, 0.6) is 0 Å². The highest BCUT2D eigenvalue weighted by molar-refractivity contribution is 7.99. The Kier molecular flexibility index (Phi) is 7.83. The number of methoxy groups -OCH3 is 1. The SMILES string of the molecule is CN=C(NCCOC)NCC1(N2CCSCC2)CCCCC1. The third kappa shape index (κ3) is 5.03. The molecule has 2 fully saturated rings. The molecule has 6 heteroatoms. The molecule has 1 saturated heterocycles. The van der Waals surface area contributed by atoms with Crippen LogP contribution in [0.2, 0.25) is 0 Å². The van der Waals surface area contributed by atoms with Crippen molar-refractivity contribution in [3.63, 3.8) is 0 Å². The molecule has 0 aromatic heterocycles. The molecule has 0 unspecified atom stereocenters. The molecule has 2 rings (SSSR count). The van der Waals surface area contributed by atoms with Crippen molar-refractivity contribution in [2.24, 2.45) is 4.99 Å². The Labute approximate surface area is 139 Å². The lowest BCUT2D eigenvalue weighted by Gasteiger charge is -2.48. The maximum absolute atomic E-state index is 5.09. The fourth-order valence-electron chi connectivity index (χ4n) is 3.59. The molecule has 0 spiro atoms. The first-order valence-electron chi connectivity index (χ1n) is 8.57. The first-order valence-corrected chi connectivity index (χ1v) is 9.72. The van der Waals surface area contributed by atoms with Gasteiger partial charge in [0.15, 0.2) is 5.96 Å². The molecule has 0 amide bonds. The average molecular weight is 329 g/mol. The predicted octanol–water partition coefficient (Wildman–Crippen LogP) is 1.55. The Bertz CT molecular complexity index is 339. The standard InChI is InChI=1S/C16H32N4OS/c1-17-15(18-8-11-21-2)19-14-16(6-4-3-5-7-16)20-9-12-22-13-10-20/h3-14H2,1-2H3,(H2,17,18,19). The summed E-state index contributed by atoms with van der Waals surface area (Å²) in [7, 11) is 3.57. The van der Waals surface area contributed by atoms with Crippen molar-refractivity contribution >= 4 is 17.7 Å². The summed E-state index contributed by atoms with van der Waals surface area (Å²) in [6, 6.07) is 0. The van der Waals surface area contributed by atoms with Crippen LogP contribution in [0.25, 0.3) is 0 Å². The lowest BCUT2D eigenvalue weighted by atomic mass is 9.80. The highest BCUT2D eigenvalue weighted by Crippen LogP contribution is 2.34. The molecule has 1 saturated carbocycles. The fourth-order valence-corrected chi connectivity index (χ4v) is 4.50. The fraction of sp³-hybridized carbons (Fsp3) is 0.938. The summed E-state index contributed by atoms with van der Waals surface area (Å²) in [5, 5.41) is 6.89. The van der Waals surface area contributed by atoms with Gasteiger partial charge in [0, 0.05) is 57.4 Å². The van der Waals surface area contributed by atoms with Crippen molar-refractivity contribution in [1.82, 2.24) is 15.5 Å². The van der Waals surface area contributed by atoms with Gasteiger partial charge in [-0.05, 0) is 12.8 Å². The molecule has 5 nitrogen and oxygen atoms in total. The topological polar surface area (TPSA) is 48.9 Å². The monoisotopic (exact) mass is 328 g/mol. The van der Waals surface area contributed by atoms with Crippen molar-refractivity contribution < 1.29 is 4.74 Å². The van der Waals surface area contributed by atoms with Gasteiger partial charge in [-0.25, -0.2) is 0 Å². The van der Waals surface area contributed by atoms with Crippen LogP contribution < -0.4 is 10.6 Å². The van der Waals surface area contributed by atoms with Gasteiger partial charge in [-0.15, -0.1) is 0 Å². The maximum Gasteiger partial charge on any atom is 0.191 e. The van der Waals surface area contributed by atoms with Gasteiger partial charge in [-0.2, -0.15) is 11.8 Å². The summed E-state index contributed by atoms with van der Waals surface area (Å²) in [4.78, 5) is 7.08. The van der Waals surface area contributed by atoms with E-state index in [0.29, 0.717) is 12.1 Å². The zero-order valence-electron chi connectivity index (χ0n) is 14.2. The third-order valence-electron chi connectivity index (χ3n) is 4.87. The van der Waals surface area contributed by atoms with Crippen molar-refractivity contribution in [2.45, 2.75) is 37.6 Å². The second-order valence-electron chi connectivity index (χ2n) is 6.23. The number of aliphatic imine (C=N–C) groups is 1. The van der Waals surface area contributed by atoms with E-state index in [1.807, 2.05) is 7.05 Å². The minimum Gasteiger partial charge on any atom is -0.383 e. The largest absolute Gasteiger partial charge is 0.383 e. The summed E-state index contributed by atoms with van der Waals surface area (Å²) in [6.07, 6.45) is 6.76. The van der Waals surface area contributed by atoms with Crippen LogP contribution in [-0.4, -0.2) is 74.8 Å². The molecule has 0 aromatic carbocycles. The average Bonchev–Trinajstić information content (AvgIpc) is 2.59. The van der Waals surface area contributed by atoms with E-state index in [1.54, 1.807) is 7.11 Å². The molecule has 0 aromatic rings. The molecule has 0 bridgehead atoms. The van der Waals surface area contributed by atoms with Crippen LogP contribution in [0.4, 0.5) is 0 Å². The van der Waals surface area contributed by atoms with Gasteiger partial charge in [0.25, 0.3) is 0 Å². The van der Waals surface area contributed by atoms with Gasteiger partial charge in [0.1, 0.15) is 0 Å². The molecule has 2 N–H and O–H groups in total. The number of ether oxygens (including phenoxy) is 1. The van der Waals surface area contributed by atoms with Gasteiger partial charge in [0.05, 0.1) is 6.61 Å². The summed E-state index contributed by atoms with van der Waals surface area (Å²) in [5.74, 6) is 3.46. The summed E-state index contributed by atoms with van der Waals surface area (Å²) in [5.41, 5.74) is 0.331. The van der Waals surface area contributed by atoms with Crippen LogP contribution in [0, 0.1) is 0 Å². The van der Waals surface area contributed by atoms with Gasteiger partial charge >= 0.3 is 0 Å². The third-order valence-corrected chi connectivity index (χ3v) is 5.82. The van der Waals surface area contributed by atoms with E-state index < -0.39 is 0 Å². The predicted molar refractivity (Wildman–Crippen MR) is 96.0 cm³/mol. The van der Waals surface area contributed by atoms with E-state index in [9.17, 15) is 0 Å². The second-order valence-corrected chi connectivity index (χ2v) is 7.45. The van der Waals surface area contributed by atoms with Crippen molar-refractivity contribution in [3.05, 3.63) is 0 Å². The lowest BCUT2D eigenvalue weighted by molar-refractivity contribution is 0.0625. The number of rotatable bonds is 6. The first-order chi connectivity index (χ1) is 10.8. The van der Waals surface area contributed by atoms with Gasteiger partial charge in [-0.3, -0.25) is 9.89 Å². The normalized spacial score (nSPS) is 23.3. The Morgan fingerprint density at radius 3 is 2.55 bits per heavy atom. The lowest BCUT2D eigenvalue weighted by Crippen LogP contribution is -2.59. The zero-order chi connectivity index (χ0) is 15.7. The van der Waals surface area contributed by atoms with Crippen LogP contribution in [0.15, 0.2) is 4.99 Å².